The largest absolute Gasteiger partial charge is 0.341 e. The third-order valence-electron chi connectivity index (χ3n) is 2.56. The van der Waals surface area contributed by atoms with Crippen molar-refractivity contribution in [1.82, 2.24) is 16.0 Å². The number of imide groups is 1. The zero-order chi connectivity index (χ0) is 12.0. The Hall–Kier alpha value is -0.750. The smallest absolute Gasteiger partial charge is 0.321 e. The summed E-state index contributed by atoms with van der Waals surface area (Å²) < 4.78 is 0. The molecule has 1 rings (SSSR count). The van der Waals surface area contributed by atoms with Gasteiger partial charge in [0.25, 0.3) is 0 Å². The molecule has 1 aliphatic heterocycles. The summed E-state index contributed by atoms with van der Waals surface area (Å²) in [6, 6.07) is -0.394. The lowest BCUT2D eigenvalue weighted by Crippen LogP contribution is -2.50. The third-order valence-corrected chi connectivity index (χ3v) is 3.61. The van der Waals surface area contributed by atoms with Crippen LogP contribution in [-0.2, 0) is 4.79 Å². The van der Waals surface area contributed by atoms with Crippen molar-refractivity contribution >= 4 is 23.7 Å². The summed E-state index contributed by atoms with van der Waals surface area (Å²) in [5.41, 5.74) is 0. The van der Waals surface area contributed by atoms with Crippen LogP contribution in [0, 0.1) is 0 Å². The topological polar surface area (TPSA) is 70.2 Å². The van der Waals surface area contributed by atoms with Crippen molar-refractivity contribution in [2.45, 2.75) is 31.8 Å². The van der Waals surface area contributed by atoms with Crippen molar-refractivity contribution in [2.75, 3.05) is 18.6 Å². The summed E-state index contributed by atoms with van der Waals surface area (Å²) in [7, 11) is 1.49. The predicted molar refractivity (Wildman–Crippen MR) is 65.5 cm³/mol. The van der Waals surface area contributed by atoms with Crippen LogP contribution in [0.4, 0.5) is 4.79 Å². The molecular formula is C10H19N3O2S. The van der Waals surface area contributed by atoms with Crippen molar-refractivity contribution in [1.29, 1.82) is 0 Å². The highest BCUT2D eigenvalue weighted by atomic mass is 32.2. The molecule has 0 radical (unpaired) electrons. The summed E-state index contributed by atoms with van der Waals surface area (Å²) in [5.74, 6) is 2.00. The highest BCUT2D eigenvalue weighted by molar-refractivity contribution is 7.99. The van der Waals surface area contributed by atoms with Crippen LogP contribution in [0.5, 0.6) is 0 Å². The van der Waals surface area contributed by atoms with Crippen LogP contribution in [-0.4, -0.2) is 42.6 Å². The van der Waals surface area contributed by atoms with Gasteiger partial charge in [-0.05, 0) is 31.3 Å². The number of rotatable bonds is 3. The maximum atomic E-state index is 11.5. The number of hydrogen-bond acceptors (Lipinski definition) is 4. The molecule has 0 aliphatic carbocycles. The van der Waals surface area contributed by atoms with E-state index in [-0.39, 0.29) is 11.9 Å². The van der Waals surface area contributed by atoms with E-state index in [9.17, 15) is 9.59 Å². The van der Waals surface area contributed by atoms with Crippen LogP contribution in [0.15, 0.2) is 0 Å². The van der Waals surface area contributed by atoms with E-state index in [1.54, 1.807) is 6.92 Å². The van der Waals surface area contributed by atoms with Gasteiger partial charge in [0.15, 0.2) is 0 Å². The SMILES string of the molecule is CNC(=O)NC(=O)C(C)NC1CCSCC1. The normalized spacial score (nSPS) is 18.9. The molecule has 0 aromatic heterocycles. The Morgan fingerprint density at radius 2 is 1.94 bits per heavy atom. The fraction of sp³-hybridized carbons (Fsp3) is 0.800. The maximum Gasteiger partial charge on any atom is 0.321 e. The molecule has 0 aromatic rings. The monoisotopic (exact) mass is 245 g/mol. The Bertz CT molecular complexity index is 254. The predicted octanol–water partition coefficient (Wildman–Crippen LogP) is 0.316. The molecule has 3 N–H and O–H groups in total. The molecule has 0 aromatic carbocycles. The Morgan fingerprint density at radius 3 is 2.50 bits per heavy atom. The molecule has 1 saturated heterocycles. The minimum absolute atomic E-state index is 0.280. The van der Waals surface area contributed by atoms with Crippen LogP contribution in [0.25, 0.3) is 0 Å². The zero-order valence-corrected chi connectivity index (χ0v) is 10.5. The van der Waals surface area contributed by atoms with Crippen molar-refractivity contribution < 1.29 is 9.59 Å². The molecule has 5 nitrogen and oxygen atoms in total. The Morgan fingerprint density at radius 1 is 1.31 bits per heavy atom. The number of carbonyl (C=O) groups is 2. The number of urea groups is 1. The minimum atomic E-state index is -0.460. The van der Waals surface area contributed by atoms with E-state index < -0.39 is 6.03 Å². The van der Waals surface area contributed by atoms with Crippen molar-refractivity contribution in [2.24, 2.45) is 0 Å². The molecular weight excluding hydrogens is 226 g/mol. The van der Waals surface area contributed by atoms with Gasteiger partial charge in [0.1, 0.15) is 0 Å². The number of thioether (sulfide) groups is 1. The second-order valence-electron chi connectivity index (χ2n) is 3.84. The summed E-state index contributed by atoms with van der Waals surface area (Å²) in [4.78, 5) is 22.5. The van der Waals surface area contributed by atoms with Gasteiger partial charge in [-0.25, -0.2) is 4.79 Å². The van der Waals surface area contributed by atoms with Gasteiger partial charge >= 0.3 is 6.03 Å². The highest BCUT2D eigenvalue weighted by Gasteiger charge is 2.20. The van der Waals surface area contributed by atoms with Gasteiger partial charge in [-0.3, -0.25) is 10.1 Å². The van der Waals surface area contributed by atoms with E-state index in [1.165, 1.54) is 7.05 Å². The van der Waals surface area contributed by atoms with Crippen molar-refractivity contribution in [3.05, 3.63) is 0 Å². The molecule has 6 heteroatoms. The molecule has 0 saturated carbocycles. The van der Waals surface area contributed by atoms with E-state index in [0.29, 0.717) is 6.04 Å². The van der Waals surface area contributed by atoms with Crippen LogP contribution in [0.1, 0.15) is 19.8 Å². The van der Waals surface area contributed by atoms with E-state index in [4.69, 9.17) is 0 Å². The van der Waals surface area contributed by atoms with Gasteiger partial charge in [-0.1, -0.05) is 0 Å². The lowest BCUT2D eigenvalue weighted by Gasteiger charge is -2.25. The van der Waals surface area contributed by atoms with E-state index in [0.717, 1.165) is 24.3 Å². The van der Waals surface area contributed by atoms with Crippen LogP contribution in [0.2, 0.25) is 0 Å². The molecule has 1 fully saturated rings. The van der Waals surface area contributed by atoms with E-state index in [1.807, 2.05) is 11.8 Å². The molecule has 1 heterocycles. The number of amides is 3. The first-order valence-corrected chi connectivity index (χ1v) is 6.65. The molecule has 0 bridgehead atoms. The second-order valence-corrected chi connectivity index (χ2v) is 5.07. The summed E-state index contributed by atoms with van der Waals surface area (Å²) in [6.07, 6.45) is 2.17. The van der Waals surface area contributed by atoms with E-state index >= 15 is 0 Å². The van der Waals surface area contributed by atoms with Gasteiger partial charge in [0, 0.05) is 13.1 Å². The fourth-order valence-corrected chi connectivity index (χ4v) is 2.68. The van der Waals surface area contributed by atoms with Crippen molar-refractivity contribution in [3.8, 4) is 0 Å². The van der Waals surface area contributed by atoms with Crippen LogP contribution < -0.4 is 16.0 Å². The Kier molecular flexibility index (Phi) is 5.62. The molecule has 3 amide bonds. The van der Waals surface area contributed by atoms with Crippen molar-refractivity contribution in [3.63, 3.8) is 0 Å². The highest BCUT2D eigenvalue weighted by Crippen LogP contribution is 2.17. The van der Waals surface area contributed by atoms with Gasteiger partial charge in [0.2, 0.25) is 5.91 Å². The van der Waals surface area contributed by atoms with E-state index in [2.05, 4.69) is 16.0 Å². The molecule has 1 aliphatic rings. The third kappa shape index (κ3) is 4.40. The van der Waals surface area contributed by atoms with Gasteiger partial charge in [-0.15, -0.1) is 0 Å². The number of carbonyl (C=O) groups excluding carboxylic acids is 2. The summed E-state index contributed by atoms with van der Waals surface area (Å²) >= 11 is 1.94. The maximum absolute atomic E-state index is 11.5. The fourth-order valence-electron chi connectivity index (χ4n) is 1.58. The Labute approximate surface area is 100 Å². The average Bonchev–Trinajstić information content (AvgIpc) is 2.30. The van der Waals surface area contributed by atoms with Gasteiger partial charge < -0.3 is 10.6 Å². The first kappa shape index (κ1) is 13.3. The molecule has 1 atom stereocenters. The molecule has 0 spiro atoms. The molecule has 92 valence electrons. The van der Waals surface area contributed by atoms with Crippen LogP contribution in [0.3, 0.4) is 0 Å². The summed E-state index contributed by atoms with van der Waals surface area (Å²) in [6.45, 7) is 1.78. The first-order valence-electron chi connectivity index (χ1n) is 5.50. The lowest BCUT2D eigenvalue weighted by molar-refractivity contribution is -0.121. The second kappa shape index (κ2) is 6.75. The van der Waals surface area contributed by atoms with Crippen LogP contribution >= 0.6 is 11.8 Å². The first-order chi connectivity index (χ1) is 7.63. The average molecular weight is 245 g/mol. The molecule has 1 unspecified atom stereocenters. The quantitative estimate of drug-likeness (QED) is 0.669. The Balaban J connectivity index is 2.29. The lowest BCUT2D eigenvalue weighted by atomic mass is 10.1. The van der Waals surface area contributed by atoms with Gasteiger partial charge in [0.05, 0.1) is 6.04 Å². The number of hydrogen-bond donors (Lipinski definition) is 3. The minimum Gasteiger partial charge on any atom is -0.341 e. The standard InChI is InChI=1S/C10H19N3O2S/c1-7(9(14)13-10(15)11-2)12-8-3-5-16-6-4-8/h7-8,12H,3-6H2,1-2H3,(H2,11,13,14,15). The van der Waals surface area contributed by atoms with Gasteiger partial charge in [-0.2, -0.15) is 11.8 Å². The zero-order valence-electron chi connectivity index (χ0n) is 9.71. The molecule has 16 heavy (non-hydrogen) atoms. The summed E-state index contributed by atoms with van der Waals surface area (Å²) in [5, 5.41) is 7.86. The number of nitrogens with one attached hydrogen (secondary N) is 3.